The Morgan fingerprint density at radius 2 is 2.07 bits per heavy atom. The molecular weight excluding hydrogens is 346 g/mol. The minimum atomic E-state index is 0.570. The number of rotatable bonds is 11. The lowest BCUT2D eigenvalue weighted by atomic mass is 10.1. The largest absolute Gasteiger partial charge is 0.497 e. The second kappa shape index (κ2) is 12.4. The van der Waals surface area contributed by atoms with Crippen molar-refractivity contribution in [3.63, 3.8) is 0 Å². The molecule has 1 fully saturated rings. The van der Waals surface area contributed by atoms with Gasteiger partial charge in [0.05, 0.1) is 27.4 Å². The van der Waals surface area contributed by atoms with Crippen molar-refractivity contribution < 1.29 is 18.9 Å². The van der Waals surface area contributed by atoms with Crippen molar-refractivity contribution >= 4 is 5.96 Å². The average Bonchev–Trinajstić information content (AvgIpc) is 3.22. The normalized spacial score (nSPS) is 17.0. The van der Waals surface area contributed by atoms with Crippen molar-refractivity contribution in [1.29, 1.82) is 0 Å². The standard InChI is InChI=1S/C20H33N3O4/c1-21-20(22-9-4-11-26-14-16-8-12-27-15-16)23-10-7-17-13-18(24-2)5-6-19(17)25-3/h5-6,13,16H,4,7-12,14-15H2,1-3H3,(H2,21,22,23). The number of ether oxygens (including phenoxy) is 4. The zero-order valence-corrected chi connectivity index (χ0v) is 16.8. The van der Waals surface area contributed by atoms with Crippen molar-refractivity contribution in [2.75, 3.05) is 60.8 Å². The van der Waals surface area contributed by atoms with Crippen LogP contribution < -0.4 is 20.1 Å². The fourth-order valence-corrected chi connectivity index (χ4v) is 2.96. The van der Waals surface area contributed by atoms with Crippen LogP contribution in [-0.4, -0.2) is 66.7 Å². The molecule has 0 radical (unpaired) electrons. The summed E-state index contributed by atoms with van der Waals surface area (Å²) in [6, 6.07) is 5.83. The topological polar surface area (TPSA) is 73.3 Å². The molecule has 1 atom stereocenters. The fourth-order valence-electron chi connectivity index (χ4n) is 2.96. The van der Waals surface area contributed by atoms with Gasteiger partial charge in [0.15, 0.2) is 5.96 Å². The van der Waals surface area contributed by atoms with E-state index < -0.39 is 0 Å². The molecule has 0 amide bonds. The lowest BCUT2D eigenvalue weighted by Gasteiger charge is -2.14. The summed E-state index contributed by atoms with van der Waals surface area (Å²) >= 11 is 0. The van der Waals surface area contributed by atoms with Gasteiger partial charge in [-0.15, -0.1) is 0 Å². The number of nitrogens with zero attached hydrogens (tertiary/aromatic N) is 1. The van der Waals surface area contributed by atoms with Crippen LogP contribution in [0.25, 0.3) is 0 Å². The van der Waals surface area contributed by atoms with Crippen LogP contribution in [0.4, 0.5) is 0 Å². The zero-order chi connectivity index (χ0) is 19.3. The van der Waals surface area contributed by atoms with Gasteiger partial charge in [-0.3, -0.25) is 4.99 Å². The molecule has 0 aliphatic carbocycles. The van der Waals surface area contributed by atoms with Crippen LogP contribution >= 0.6 is 0 Å². The number of guanidine groups is 1. The van der Waals surface area contributed by atoms with Crippen molar-refractivity contribution in [3.8, 4) is 11.5 Å². The molecule has 1 aliphatic heterocycles. The smallest absolute Gasteiger partial charge is 0.190 e. The summed E-state index contributed by atoms with van der Waals surface area (Å²) in [6.45, 7) is 4.84. The van der Waals surface area contributed by atoms with Gasteiger partial charge in [0.2, 0.25) is 0 Å². The van der Waals surface area contributed by atoms with Gasteiger partial charge in [-0.05, 0) is 43.0 Å². The number of aliphatic imine (C=N–C) groups is 1. The third-order valence-corrected chi connectivity index (χ3v) is 4.53. The molecule has 7 nitrogen and oxygen atoms in total. The Hall–Kier alpha value is -1.99. The maximum absolute atomic E-state index is 5.71. The Bertz CT molecular complexity index is 574. The lowest BCUT2D eigenvalue weighted by molar-refractivity contribution is 0.0888. The molecule has 1 aromatic rings. The highest BCUT2D eigenvalue weighted by atomic mass is 16.5. The maximum atomic E-state index is 5.71. The second-order valence-corrected chi connectivity index (χ2v) is 6.51. The van der Waals surface area contributed by atoms with Gasteiger partial charge in [0.25, 0.3) is 0 Å². The minimum Gasteiger partial charge on any atom is -0.497 e. The lowest BCUT2D eigenvalue weighted by Crippen LogP contribution is -2.39. The first kappa shape index (κ1) is 21.3. The van der Waals surface area contributed by atoms with E-state index in [4.69, 9.17) is 18.9 Å². The molecule has 7 heteroatoms. The molecule has 27 heavy (non-hydrogen) atoms. The molecule has 0 bridgehead atoms. The summed E-state index contributed by atoms with van der Waals surface area (Å²) in [7, 11) is 5.12. The molecule has 1 heterocycles. The summed E-state index contributed by atoms with van der Waals surface area (Å²) in [5.74, 6) is 3.06. The molecule has 1 unspecified atom stereocenters. The van der Waals surface area contributed by atoms with Crippen molar-refractivity contribution in [2.24, 2.45) is 10.9 Å². The van der Waals surface area contributed by atoms with E-state index in [0.29, 0.717) is 5.92 Å². The van der Waals surface area contributed by atoms with E-state index in [1.807, 2.05) is 18.2 Å². The molecule has 1 saturated heterocycles. The van der Waals surface area contributed by atoms with Crippen molar-refractivity contribution in [1.82, 2.24) is 10.6 Å². The average molecular weight is 380 g/mol. The number of hydrogen-bond acceptors (Lipinski definition) is 5. The number of nitrogens with one attached hydrogen (secondary N) is 2. The first-order valence-corrected chi connectivity index (χ1v) is 9.57. The van der Waals surface area contributed by atoms with Crippen LogP contribution in [0.2, 0.25) is 0 Å². The van der Waals surface area contributed by atoms with E-state index in [2.05, 4.69) is 15.6 Å². The van der Waals surface area contributed by atoms with Crippen molar-refractivity contribution in [3.05, 3.63) is 23.8 Å². The first-order chi connectivity index (χ1) is 13.3. The molecular formula is C20H33N3O4. The highest BCUT2D eigenvalue weighted by Gasteiger charge is 2.15. The molecule has 0 aromatic heterocycles. The predicted octanol–water partition coefficient (Wildman–Crippen LogP) is 1.85. The molecule has 0 saturated carbocycles. The van der Waals surface area contributed by atoms with Gasteiger partial charge in [-0.1, -0.05) is 0 Å². The SMILES string of the molecule is CN=C(NCCCOCC1CCOC1)NCCc1cc(OC)ccc1OC. The van der Waals surface area contributed by atoms with E-state index >= 15 is 0 Å². The molecule has 152 valence electrons. The Balaban J connectivity index is 1.61. The Morgan fingerprint density at radius 1 is 1.22 bits per heavy atom. The third kappa shape index (κ3) is 7.64. The maximum Gasteiger partial charge on any atom is 0.190 e. The van der Waals surface area contributed by atoms with Gasteiger partial charge in [-0.2, -0.15) is 0 Å². The van der Waals surface area contributed by atoms with E-state index in [0.717, 1.165) is 81.8 Å². The second-order valence-electron chi connectivity index (χ2n) is 6.51. The number of benzene rings is 1. The highest BCUT2D eigenvalue weighted by Crippen LogP contribution is 2.24. The molecule has 2 N–H and O–H groups in total. The van der Waals surface area contributed by atoms with Crippen LogP contribution in [0.1, 0.15) is 18.4 Å². The third-order valence-electron chi connectivity index (χ3n) is 4.53. The highest BCUT2D eigenvalue weighted by molar-refractivity contribution is 5.79. The van der Waals surface area contributed by atoms with E-state index in [1.54, 1.807) is 21.3 Å². The van der Waals surface area contributed by atoms with Crippen LogP contribution in [-0.2, 0) is 15.9 Å². The number of hydrogen-bond donors (Lipinski definition) is 2. The number of methoxy groups -OCH3 is 2. The summed E-state index contributed by atoms with van der Waals surface area (Å²) in [5, 5.41) is 6.64. The molecule has 2 rings (SSSR count). The van der Waals surface area contributed by atoms with Gasteiger partial charge in [0, 0.05) is 39.3 Å². The zero-order valence-electron chi connectivity index (χ0n) is 16.8. The van der Waals surface area contributed by atoms with Gasteiger partial charge in [0.1, 0.15) is 11.5 Å². The summed E-state index contributed by atoms with van der Waals surface area (Å²) in [5.41, 5.74) is 1.10. The van der Waals surface area contributed by atoms with Gasteiger partial charge >= 0.3 is 0 Å². The molecule has 1 aromatic carbocycles. The van der Waals surface area contributed by atoms with E-state index in [1.165, 1.54) is 0 Å². The molecule has 1 aliphatic rings. The van der Waals surface area contributed by atoms with Crippen LogP contribution in [0.15, 0.2) is 23.2 Å². The summed E-state index contributed by atoms with van der Waals surface area (Å²) in [4.78, 5) is 4.26. The van der Waals surface area contributed by atoms with Gasteiger partial charge < -0.3 is 29.6 Å². The van der Waals surface area contributed by atoms with Gasteiger partial charge in [-0.25, -0.2) is 0 Å². The summed E-state index contributed by atoms with van der Waals surface area (Å²) in [6.07, 6.45) is 2.87. The van der Waals surface area contributed by atoms with Crippen LogP contribution in [0.3, 0.4) is 0 Å². The molecule has 0 spiro atoms. The van der Waals surface area contributed by atoms with E-state index in [9.17, 15) is 0 Å². The monoisotopic (exact) mass is 379 g/mol. The van der Waals surface area contributed by atoms with Crippen LogP contribution in [0.5, 0.6) is 11.5 Å². The summed E-state index contributed by atoms with van der Waals surface area (Å²) < 4.78 is 21.8. The quantitative estimate of drug-likeness (QED) is 0.347. The van der Waals surface area contributed by atoms with Crippen LogP contribution in [0, 0.1) is 5.92 Å². The minimum absolute atomic E-state index is 0.570. The first-order valence-electron chi connectivity index (χ1n) is 9.57. The van der Waals surface area contributed by atoms with Crippen molar-refractivity contribution in [2.45, 2.75) is 19.3 Å². The van der Waals surface area contributed by atoms with E-state index in [-0.39, 0.29) is 0 Å². The Kier molecular flexibility index (Phi) is 9.79. The Labute approximate surface area is 162 Å². The predicted molar refractivity (Wildman–Crippen MR) is 107 cm³/mol. The fraction of sp³-hybridized carbons (Fsp3) is 0.650. The Morgan fingerprint density at radius 3 is 2.78 bits per heavy atom.